The summed E-state index contributed by atoms with van der Waals surface area (Å²) in [5.41, 5.74) is 0.999. The molecular weight excluding hydrogens is 272 g/mol. The summed E-state index contributed by atoms with van der Waals surface area (Å²) in [6.07, 6.45) is 4.34. The van der Waals surface area contributed by atoms with Crippen molar-refractivity contribution in [2.45, 2.75) is 25.1 Å². The van der Waals surface area contributed by atoms with Gasteiger partial charge in [-0.25, -0.2) is 9.97 Å². The molecule has 0 aliphatic carbocycles. The topological polar surface area (TPSA) is 64.7 Å². The van der Waals surface area contributed by atoms with Gasteiger partial charge in [0.2, 0.25) is 17.5 Å². The largest absolute Gasteiger partial charge is 0.338 e. The first-order valence-electron chi connectivity index (χ1n) is 4.97. The molecule has 2 aromatic heterocycles. The lowest BCUT2D eigenvalue weighted by molar-refractivity contribution is 0.376. The summed E-state index contributed by atoms with van der Waals surface area (Å²) in [5.74, 6) is 1.46. The van der Waals surface area contributed by atoms with E-state index in [1.807, 2.05) is 13.8 Å². The van der Waals surface area contributed by atoms with Crippen LogP contribution < -0.4 is 0 Å². The summed E-state index contributed by atoms with van der Waals surface area (Å²) < 4.78 is 5.11. The third-order valence-corrected chi connectivity index (χ3v) is 3.09. The number of aryl methyl sites for hydroxylation is 1. The zero-order valence-electron chi connectivity index (χ0n) is 9.01. The Labute approximate surface area is 101 Å². The van der Waals surface area contributed by atoms with Crippen LogP contribution in [-0.4, -0.2) is 20.1 Å². The Bertz CT molecular complexity index is 468. The minimum absolute atomic E-state index is 0.0826. The number of halogens is 1. The van der Waals surface area contributed by atoms with Gasteiger partial charge in [0.25, 0.3) is 0 Å². The van der Waals surface area contributed by atoms with Crippen molar-refractivity contribution < 1.29 is 4.52 Å². The first kappa shape index (κ1) is 11.2. The number of alkyl halides is 1. The fraction of sp³-hybridized carbons (Fsp3) is 0.400. The van der Waals surface area contributed by atoms with Crippen molar-refractivity contribution in [3.8, 4) is 11.6 Å². The van der Waals surface area contributed by atoms with Gasteiger partial charge in [-0.3, -0.25) is 0 Å². The maximum Gasteiger partial charge on any atom is 0.240 e. The van der Waals surface area contributed by atoms with E-state index in [1.165, 1.54) is 0 Å². The predicted molar refractivity (Wildman–Crippen MR) is 62.0 cm³/mol. The van der Waals surface area contributed by atoms with E-state index >= 15 is 0 Å². The van der Waals surface area contributed by atoms with Gasteiger partial charge in [-0.05, 0) is 18.9 Å². The van der Waals surface area contributed by atoms with Crippen molar-refractivity contribution in [2.75, 3.05) is 0 Å². The molecule has 0 bridgehead atoms. The van der Waals surface area contributed by atoms with Gasteiger partial charge < -0.3 is 4.52 Å². The highest BCUT2D eigenvalue weighted by Gasteiger charge is 2.16. The highest BCUT2D eigenvalue weighted by molar-refractivity contribution is 9.09. The average molecular weight is 283 g/mol. The van der Waals surface area contributed by atoms with Crippen LogP contribution in [-0.2, 0) is 0 Å². The maximum absolute atomic E-state index is 5.11. The van der Waals surface area contributed by atoms with Crippen molar-refractivity contribution in [3.05, 3.63) is 23.8 Å². The second-order valence-corrected chi connectivity index (χ2v) is 4.52. The number of rotatable bonds is 3. The lowest BCUT2D eigenvalue weighted by atomic mass is 10.3. The Morgan fingerprint density at radius 1 is 1.31 bits per heavy atom. The highest BCUT2D eigenvalue weighted by atomic mass is 79.9. The summed E-state index contributed by atoms with van der Waals surface area (Å²) in [7, 11) is 0. The normalized spacial score (nSPS) is 12.7. The quantitative estimate of drug-likeness (QED) is 0.810. The van der Waals surface area contributed by atoms with Crippen molar-refractivity contribution in [3.63, 3.8) is 0 Å². The molecule has 6 heteroatoms. The van der Waals surface area contributed by atoms with Crippen LogP contribution in [0.5, 0.6) is 0 Å². The lowest BCUT2D eigenvalue weighted by Crippen LogP contribution is -1.92. The Hall–Kier alpha value is -1.30. The van der Waals surface area contributed by atoms with Crippen molar-refractivity contribution in [1.82, 2.24) is 20.1 Å². The van der Waals surface area contributed by atoms with Crippen LogP contribution in [0.4, 0.5) is 0 Å². The molecule has 1 atom stereocenters. The molecule has 0 fully saturated rings. The predicted octanol–water partition coefficient (Wildman–Crippen LogP) is 2.68. The molecule has 0 amide bonds. The second kappa shape index (κ2) is 4.69. The van der Waals surface area contributed by atoms with Gasteiger partial charge in [0.05, 0.1) is 4.83 Å². The summed E-state index contributed by atoms with van der Waals surface area (Å²) in [6.45, 7) is 3.96. The molecule has 5 nitrogen and oxygen atoms in total. The van der Waals surface area contributed by atoms with E-state index in [9.17, 15) is 0 Å². The molecule has 0 aromatic carbocycles. The standard InChI is InChI=1S/C10H11BrN4O/c1-3-7(11)10-14-9(15-16-10)8-12-4-6(2)5-13-8/h4-5,7H,3H2,1-2H3. The minimum Gasteiger partial charge on any atom is -0.338 e. The number of aromatic nitrogens is 4. The van der Waals surface area contributed by atoms with Gasteiger partial charge in [-0.1, -0.05) is 28.0 Å². The maximum atomic E-state index is 5.11. The van der Waals surface area contributed by atoms with Gasteiger partial charge in [0.15, 0.2) is 0 Å². The Morgan fingerprint density at radius 3 is 2.62 bits per heavy atom. The summed E-state index contributed by atoms with van der Waals surface area (Å²) in [5, 5.41) is 3.84. The number of hydrogen-bond donors (Lipinski definition) is 0. The van der Waals surface area contributed by atoms with Crippen molar-refractivity contribution >= 4 is 15.9 Å². The second-order valence-electron chi connectivity index (χ2n) is 3.42. The average Bonchev–Trinajstić information content (AvgIpc) is 2.78. The Balaban J connectivity index is 2.28. The Morgan fingerprint density at radius 2 is 2.00 bits per heavy atom. The third-order valence-electron chi connectivity index (χ3n) is 2.05. The number of nitrogens with zero attached hydrogens (tertiary/aromatic N) is 4. The molecule has 16 heavy (non-hydrogen) atoms. The van der Waals surface area contributed by atoms with Gasteiger partial charge >= 0.3 is 0 Å². The summed E-state index contributed by atoms with van der Waals surface area (Å²) in [4.78, 5) is 12.6. The minimum atomic E-state index is 0.0826. The van der Waals surface area contributed by atoms with E-state index < -0.39 is 0 Å². The molecule has 1 unspecified atom stereocenters. The molecule has 0 spiro atoms. The van der Waals surface area contributed by atoms with Crippen LogP contribution in [0.2, 0.25) is 0 Å². The molecule has 0 saturated heterocycles. The molecule has 84 valence electrons. The fourth-order valence-electron chi connectivity index (χ4n) is 1.14. The SMILES string of the molecule is CCC(Br)c1nc(-c2ncc(C)cn2)no1. The molecule has 2 aromatic rings. The molecular formula is C10H11BrN4O. The fourth-order valence-corrected chi connectivity index (χ4v) is 1.32. The molecule has 0 aliphatic heterocycles. The highest BCUT2D eigenvalue weighted by Crippen LogP contribution is 2.25. The lowest BCUT2D eigenvalue weighted by Gasteiger charge is -1.96. The van der Waals surface area contributed by atoms with Crippen molar-refractivity contribution in [1.29, 1.82) is 0 Å². The number of hydrogen-bond acceptors (Lipinski definition) is 5. The first-order chi connectivity index (χ1) is 7.70. The third kappa shape index (κ3) is 2.27. The zero-order valence-corrected chi connectivity index (χ0v) is 10.6. The first-order valence-corrected chi connectivity index (χ1v) is 5.89. The van der Waals surface area contributed by atoms with E-state index in [0.717, 1.165) is 12.0 Å². The molecule has 0 saturated carbocycles. The van der Waals surface area contributed by atoms with E-state index in [-0.39, 0.29) is 4.83 Å². The monoisotopic (exact) mass is 282 g/mol. The molecule has 2 rings (SSSR count). The van der Waals surface area contributed by atoms with E-state index in [2.05, 4.69) is 36.0 Å². The van der Waals surface area contributed by atoms with Crippen LogP contribution in [0.3, 0.4) is 0 Å². The van der Waals surface area contributed by atoms with Gasteiger partial charge in [0, 0.05) is 12.4 Å². The van der Waals surface area contributed by atoms with Crippen LogP contribution >= 0.6 is 15.9 Å². The zero-order chi connectivity index (χ0) is 11.5. The van der Waals surface area contributed by atoms with Crippen LogP contribution in [0.15, 0.2) is 16.9 Å². The van der Waals surface area contributed by atoms with Crippen LogP contribution in [0, 0.1) is 6.92 Å². The van der Waals surface area contributed by atoms with E-state index in [0.29, 0.717) is 17.5 Å². The van der Waals surface area contributed by atoms with E-state index in [4.69, 9.17) is 4.52 Å². The van der Waals surface area contributed by atoms with Crippen molar-refractivity contribution in [2.24, 2.45) is 0 Å². The van der Waals surface area contributed by atoms with Crippen LogP contribution in [0.25, 0.3) is 11.6 Å². The molecule has 0 aliphatic rings. The van der Waals surface area contributed by atoms with E-state index in [1.54, 1.807) is 12.4 Å². The summed E-state index contributed by atoms with van der Waals surface area (Å²) >= 11 is 3.45. The van der Waals surface area contributed by atoms with Crippen LogP contribution in [0.1, 0.15) is 29.6 Å². The molecule has 0 N–H and O–H groups in total. The van der Waals surface area contributed by atoms with Gasteiger partial charge in [-0.2, -0.15) is 4.98 Å². The van der Waals surface area contributed by atoms with Gasteiger partial charge in [-0.15, -0.1) is 0 Å². The summed E-state index contributed by atoms with van der Waals surface area (Å²) in [6, 6.07) is 0. The Kier molecular flexibility index (Phi) is 3.28. The smallest absolute Gasteiger partial charge is 0.240 e. The molecule has 2 heterocycles. The van der Waals surface area contributed by atoms with Gasteiger partial charge in [0.1, 0.15) is 0 Å². The molecule has 0 radical (unpaired) electrons.